The second-order valence-corrected chi connectivity index (χ2v) is 10.8. The Morgan fingerprint density at radius 1 is 0.718 bits per heavy atom. The highest BCUT2D eigenvalue weighted by Crippen LogP contribution is 2.36. The molecule has 0 saturated carbocycles. The van der Waals surface area contributed by atoms with Crippen LogP contribution in [-0.4, -0.2) is 33.3 Å². The van der Waals surface area contributed by atoms with Crippen molar-refractivity contribution in [3.63, 3.8) is 0 Å². The van der Waals surface area contributed by atoms with Gasteiger partial charge in [-0.25, -0.2) is 0 Å². The number of aromatic hydroxyl groups is 2. The third kappa shape index (κ3) is 5.97. The molecular formula is C35H40N2O2. The van der Waals surface area contributed by atoms with E-state index in [9.17, 15) is 10.2 Å². The summed E-state index contributed by atoms with van der Waals surface area (Å²) in [6, 6.07) is 30.6. The van der Waals surface area contributed by atoms with E-state index in [1.165, 1.54) is 30.0 Å². The van der Waals surface area contributed by atoms with E-state index in [1.807, 2.05) is 24.3 Å². The highest BCUT2D eigenvalue weighted by molar-refractivity contribution is 6.09. The first kappa shape index (κ1) is 26.8. The number of para-hydroxylation sites is 4. The Kier molecular flexibility index (Phi) is 8.53. The van der Waals surface area contributed by atoms with Gasteiger partial charge in [0.15, 0.2) is 0 Å². The number of hydrogen-bond donors (Lipinski definition) is 2. The lowest BCUT2D eigenvalue weighted by Crippen LogP contribution is -2.19. The third-order valence-electron chi connectivity index (χ3n) is 8.14. The van der Waals surface area contributed by atoms with E-state index in [2.05, 4.69) is 84.1 Å². The maximum absolute atomic E-state index is 11.4. The minimum absolute atomic E-state index is 0.376. The summed E-state index contributed by atoms with van der Waals surface area (Å²) in [5.41, 5.74) is 5.08. The Morgan fingerprint density at radius 3 is 2.03 bits per heavy atom. The largest absolute Gasteiger partial charge is 0.508 e. The maximum Gasteiger partial charge on any atom is 0.142 e. The van der Waals surface area contributed by atoms with Crippen molar-refractivity contribution in [3.05, 3.63) is 102 Å². The number of hydrogen-bond acceptors (Lipinski definition) is 3. The van der Waals surface area contributed by atoms with Crippen LogP contribution < -0.4 is 0 Å². The van der Waals surface area contributed by atoms with Crippen molar-refractivity contribution in [2.75, 3.05) is 13.6 Å². The van der Waals surface area contributed by atoms with E-state index in [4.69, 9.17) is 0 Å². The fourth-order valence-corrected chi connectivity index (χ4v) is 5.94. The number of benzene rings is 4. The number of phenols is 2. The van der Waals surface area contributed by atoms with E-state index < -0.39 is 0 Å². The first-order valence-electron chi connectivity index (χ1n) is 14.3. The van der Waals surface area contributed by atoms with Crippen molar-refractivity contribution in [1.29, 1.82) is 0 Å². The Morgan fingerprint density at radius 2 is 1.33 bits per heavy atom. The van der Waals surface area contributed by atoms with Crippen LogP contribution in [0.3, 0.4) is 0 Å². The van der Waals surface area contributed by atoms with Crippen LogP contribution in [-0.2, 0) is 13.0 Å². The van der Waals surface area contributed by atoms with Crippen LogP contribution in [0.4, 0.5) is 0 Å². The van der Waals surface area contributed by atoms with Gasteiger partial charge in [-0.3, -0.25) is 0 Å². The van der Waals surface area contributed by atoms with Gasteiger partial charge in [0.05, 0.1) is 16.7 Å². The Balaban J connectivity index is 1.20. The third-order valence-corrected chi connectivity index (χ3v) is 8.14. The topological polar surface area (TPSA) is 48.6 Å². The monoisotopic (exact) mass is 520 g/mol. The zero-order valence-electron chi connectivity index (χ0n) is 23.2. The fourth-order valence-electron chi connectivity index (χ4n) is 5.94. The SMILES string of the molecule is CCC(CCCc1cccc(-n2c3ccccc3c3ccccc32)c1O)CCCN(C)Cc1ccccc1O. The Labute approximate surface area is 232 Å². The summed E-state index contributed by atoms with van der Waals surface area (Å²) in [4.78, 5) is 2.29. The van der Waals surface area contributed by atoms with Gasteiger partial charge in [0.25, 0.3) is 0 Å². The lowest BCUT2D eigenvalue weighted by atomic mass is 9.92. The first-order chi connectivity index (χ1) is 19.1. The van der Waals surface area contributed by atoms with E-state index >= 15 is 0 Å². The molecule has 1 atom stereocenters. The zero-order valence-corrected chi connectivity index (χ0v) is 23.2. The molecule has 0 aliphatic rings. The van der Waals surface area contributed by atoms with Gasteiger partial charge in [0.2, 0.25) is 0 Å². The molecule has 0 bridgehead atoms. The average Bonchev–Trinajstić information content (AvgIpc) is 3.29. The summed E-state index contributed by atoms with van der Waals surface area (Å²) in [6.07, 6.45) is 6.64. The van der Waals surface area contributed by atoms with Gasteiger partial charge in [0.1, 0.15) is 11.5 Å². The smallest absolute Gasteiger partial charge is 0.142 e. The number of aryl methyl sites for hydroxylation is 1. The van der Waals surface area contributed by atoms with Gasteiger partial charge in [-0.05, 0) is 75.0 Å². The van der Waals surface area contributed by atoms with E-state index in [1.54, 1.807) is 6.07 Å². The number of phenolic OH excluding ortho intramolecular Hbond substituents is 2. The minimum atomic E-state index is 0.376. The van der Waals surface area contributed by atoms with Crippen molar-refractivity contribution in [3.8, 4) is 17.2 Å². The average molecular weight is 521 g/mol. The highest BCUT2D eigenvalue weighted by Gasteiger charge is 2.16. The molecule has 4 heteroatoms. The lowest BCUT2D eigenvalue weighted by Gasteiger charge is -2.20. The lowest BCUT2D eigenvalue weighted by molar-refractivity contribution is 0.294. The summed E-state index contributed by atoms with van der Waals surface area (Å²) in [5.74, 6) is 1.45. The van der Waals surface area contributed by atoms with Crippen molar-refractivity contribution < 1.29 is 10.2 Å². The van der Waals surface area contributed by atoms with Crippen LogP contribution >= 0.6 is 0 Å². The molecule has 2 N–H and O–H groups in total. The molecule has 5 aromatic rings. The van der Waals surface area contributed by atoms with E-state index in [0.717, 1.165) is 60.2 Å². The fraction of sp³-hybridized carbons (Fsp3) is 0.314. The van der Waals surface area contributed by atoms with Gasteiger partial charge < -0.3 is 19.7 Å². The molecule has 0 radical (unpaired) electrons. The van der Waals surface area contributed by atoms with Crippen molar-refractivity contribution in [2.24, 2.45) is 5.92 Å². The molecule has 202 valence electrons. The van der Waals surface area contributed by atoms with Gasteiger partial charge in [-0.2, -0.15) is 0 Å². The van der Waals surface area contributed by atoms with Gasteiger partial charge in [0, 0.05) is 22.9 Å². The molecule has 4 nitrogen and oxygen atoms in total. The van der Waals surface area contributed by atoms with Crippen LogP contribution in [0.15, 0.2) is 91.0 Å². The molecule has 1 unspecified atom stereocenters. The summed E-state index contributed by atoms with van der Waals surface area (Å²) in [6.45, 7) is 4.08. The molecule has 4 aromatic carbocycles. The Hall–Kier alpha value is -3.76. The number of fused-ring (bicyclic) bond motifs is 3. The molecule has 0 aliphatic heterocycles. The van der Waals surface area contributed by atoms with Gasteiger partial charge in [-0.1, -0.05) is 86.5 Å². The molecule has 1 aromatic heterocycles. The van der Waals surface area contributed by atoms with Crippen LogP contribution in [0, 0.1) is 5.92 Å². The normalized spacial score (nSPS) is 12.5. The quantitative estimate of drug-likeness (QED) is 0.173. The highest BCUT2D eigenvalue weighted by atomic mass is 16.3. The Bertz CT molecular complexity index is 1480. The van der Waals surface area contributed by atoms with E-state index in [0.29, 0.717) is 17.4 Å². The van der Waals surface area contributed by atoms with Crippen molar-refractivity contribution in [1.82, 2.24) is 9.47 Å². The van der Waals surface area contributed by atoms with Crippen LogP contribution in [0.2, 0.25) is 0 Å². The molecule has 0 aliphatic carbocycles. The van der Waals surface area contributed by atoms with E-state index in [-0.39, 0.29) is 0 Å². The maximum atomic E-state index is 11.4. The van der Waals surface area contributed by atoms with Gasteiger partial charge in [-0.15, -0.1) is 0 Å². The molecule has 0 spiro atoms. The molecular weight excluding hydrogens is 480 g/mol. The van der Waals surface area contributed by atoms with Crippen LogP contribution in [0.1, 0.15) is 50.2 Å². The molecule has 0 fully saturated rings. The zero-order chi connectivity index (χ0) is 27.2. The van der Waals surface area contributed by atoms with Crippen molar-refractivity contribution in [2.45, 2.75) is 52.0 Å². The van der Waals surface area contributed by atoms with Crippen LogP contribution in [0.25, 0.3) is 27.5 Å². The number of aromatic nitrogens is 1. The summed E-state index contributed by atoms with van der Waals surface area (Å²) in [5, 5.41) is 23.8. The summed E-state index contributed by atoms with van der Waals surface area (Å²) >= 11 is 0. The van der Waals surface area contributed by atoms with Crippen molar-refractivity contribution >= 4 is 21.8 Å². The number of nitrogens with zero attached hydrogens (tertiary/aromatic N) is 2. The first-order valence-corrected chi connectivity index (χ1v) is 14.3. The predicted octanol–water partition coefficient (Wildman–Crippen LogP) is 8.46. The van der Waals surface area contributed by atoms with Gasteiger partial charge >= 0.3 is 0 Å². The summed E-state index contributed by atoms with van der Waals surface area (Å²) in [7, 11) is 2.13. The molecule has 0 amide bonds. The van der Waals surface area contributed by atoms with Crippen LogP contribution in [0.5, 0.6) is 11.5 Å². The molecule has 1 heterocycles. The minimum Gasteiger partial charge on any atom is -0.508 e. The predicted molar refractivity (Wildman–Crippen MR) is 163 cm³/mol. The second-order valence-electron chi connectivity index (χ2n) is 10.8. The molecule has 0 saturated heterocycles. The number of rotatable bonds is 12. The second kappa shape index (κ2) is 12.4. The molecule has 39 heavy (non-hydrogen) atoms. The standard InChI is InChI=1S/C35H40N2O2/c1-3-26(14-12-24-36(2)25-28-15-4-9-23-34(28)38)13-10-16-27-17-11-22-33(35(27)39)37-31-20-7-5-18-29(31)30-19-6-8-21-32(30)37/h4-9,11,15,17-23,26,38-39H,3,10,12-14,16,24-25H2,1-2H3. The molecule has 5 rings (SSSR count). The summed E-state index contributed by atoms with van der Waals surface area (Å²) < 4.78 is 2.20.